The van der Waals surface area contributed by atoms with Crippen LogP contribution in [0.5, 0.6) is 0 Å². The van der Waals surface area contributed by atoms with Crippen molar-refractivity contribution < 1.29 is 0 Å². The van der Waals surface area contributed by atoms with E-state index in [0.29, 0.717) is 6.04 Å². The molecule has 0 radical (unpaired) electrons. The zero-order chi connectivity index (χ0) is 11.8. The molecule has 1 aromatic heterocycles. The topological polar surface area (TPSA) is 42.2 Å². The van der Waals surface area contributed by atoms with Gasteiger partial charge < -0.3 is 5.73 Å². The van der Waals surface area contributed by atoms with E-state index in [1.165, 1.54) is 10.6 Å². The zero-order valence-electron chi connectivity index (χ0n) is 10.4. The van der Waals surface area contributed by atoms with Gasteiger partial charge in [-0.3, -0.25) is 4.90 Å². The molecule has 0 saturated carbocycles. The maximum atomic E-state index is 6.14. The van der Waals surface area contributed by atoms with Crippen LogP contribution in [-0.4, -0.2) is 29.0 Å². The summed E-state index contributed by atoms with van der Waals surface area (Å²) < 4.78 is 0. The van der Waals surface area contributed by atoms with Crippen LogP contribution in [0.15, 0.2) is 5.51 Å². The van der Waals surface area contributed by atoms with Crippen LogP contribution in [0.25, 0.3) is 0 Å². The highest BCUT2D eigenvalue weighted by atomic mass is 32.1. The average molecular weight is 239 g/mol. The molecule has 4 heteroatoms. The molecule has 0 aromatic carbocycles. The number of aromatic nitrogens is 1. The Hall–Kier alpha value is -0.450. The SMILES string of the molecule is Cc1ncsc1CN1CCC(N)C(C)(C)C1. The van der Waals surface area contributed by atoms with Crippen molar-refractivity contribution in [1.82, 2.24) is 9.88 Å². The number of nitrogens with two attached hydrogens (primary N) is 1. The van der Waals surface area contributed by atoms with Crippen LogP contribution >= 0.6 is 11.3 Å². The summed E-state index contributed by atoms with van der Waals surface area (Å²) in [6, 6.07) is 0.339. The molecule has 1 atom stereocenters. The third-order valence-electron chi connectivity index (χ3n) is 3.60. The Bertz CT molecular complexity index is 359. The molecule has 1 aromatic rings. The lowest BCUT2D eigenvalue weighted by Gasteiger charge is -2.42. The molecule has 0 spiro atoms. The molecule has 2 rings (SSSR count). The van der Waals surface area contributed by atoms with Crippen molar-refractivity contribution in [3.05, 3.63) is 16.1 Å². The highest BCUT2D eigenvalue weighted by Crippen LogP contribution is 2.29. The number of likely N-dealkylation sites (tertiary alicyclic amines) is 1. The first-order valence-corrected chi connectivity index (χ1v) is 6.74. The van der Waals surface area contributed by atoms with Gasteiger partial charge in [-0.2, -0.15) is 0 Å². The van der Waals surface area contributed by atoms with E-state index in [-0.39, 0.29) is 5.41 Å². The quantitative estimate of drug-likeness (QED) is 0.858. The molecule has 1 aliphatic rings. The number of hydrogen-bond acceptors (Lipinski definition) is 4. The first kappa shape index (κ1) is 12.0. The highest BCUT2D eigenvalue weighted by Gasteiger charge is 2.33. The molecule has 2 heterocycles. The monoisotopic (exact) mass is 239 g/mol. The molecule has 3 nitrogen and oxygen atoms in total. The predicted octanol–water partition coefficient (Wildman–Crippen LogP) is 2.01. The summed E-state index contributed by atoms with van der Waals surface area (Å²) in [6.45, 7) is 9.86. The largest absolute Gasteiger partial charge is 0.327 e. The minimum Gasteiger partial charge on any atom is -0.327 e. The Morgan fingerprint density at radius 1 is 1.62 bits per heavy atom. The highest BCUT2D eigenvalue weighted by molar-refractivity contribution is 7.09. The standard InChI is InChI=1S/C12H21N3S/c1-9-10(16-8-14-9)6-15-5-4-11(13)12(2,3)7-15/h8,11H,4-7,13H2,1-3H3. The van der Waals surface area contributed by atoms with Crippen LogP contribution in [0.4, 0.5) is 0 Å². The van der Waals surface area contributed by atoms with Crippen molar-refractivity contribution >= 4 is 11.3 Å². The molecule has 0 aliphatic carbocycles. The number of rotatable bonds is 2. The number of aryl methyl sites for hydroxylation is 1. The molecule has 16 heavy (non-hydrogen) atoms. The summed E-state index contributed by atoms with van der Waals surface area (Å²) in [6.07, 6.45) is 1.10. The van der Waals surface area contributed by atoms with Crippen LogP contribution in [0.1, 0.15) is 30.8 Å². The second-order valence-corrected chi connectivity index (χ2v) is 6.39. The van der Waals surface area contributed by atoms with Gasteiger partial charge in [-0.15, -0.1) is 11.3 Å². The summed E-state index contributed by atoms with van der Waals surface area (Å²) in [4.78, 5) is 8.20. The number of nitrogens with zero attached hydrogens (tertiary/aromatic N) is 2. The van der Waals surface area contributed by atoms with Crippen molar-refractivity contribution in [2.45, 2.75) is 39.8 Å². The van der Waals surface area contributed by atoms with E-state index >= 15 is 0 Å². The van der Waals surface area contributed by atoms with Gasteiger partial charge in [0.2, 0.25) is 0 Å². The summed E-state index contributed by atoms with van der Waals surface area (Å²) in [7, 11) is 0. The average Bonchev–Trinajstić information content (AvgIpc) is 2.58. The van der Waals surface area contributed by atoms with Crippen molar-refractivity contribution in [3.8, 4) is 0 Å². The lowest BCUT2D eigenvalue weighted by atomic mass is 9.80. The van der Waals surface area contributed by atoms with Gasteiger partial charge in [-0.25, -0.2) is 4.98 Å². The van der Waals surface area contributed by atoms with E-state index in [0.717, 1.165) is 26.1 Å². The molecule has 1 fully saturated rings. The maximum Gasteiger partial charge on any atom is 0.0798 e. The van der Waals surface area contributed by atoms with Gasteiger partial charge in [0.15, 0.2) is 0 Å². The molecule has 90 valence electrons. The van der Waals surface area contributed by atoms with Crippen LogP contribution in [0, 0.1) is 12.3 Å². The Balaban J connectivity index is 2.00. The lowest BCUT2D eigenvalue weighted by molar-refractivity contribution is 0.0905. The first-order valence-electron chi connectivity index (χ1n) is 5.86. The number of hydrogen-bond donors (Lipinski definition) is 1. The lowest BCUT2D eigenvalue weighted by Crippen LogP contribution is -2.52. The Morgan fingerprint density at radius 2 is 2.38 bits per heavy atom. The first-order chi connectivity index (χ1) is 7.49. The molecular weight excluding hydrogens is 218 g/mol. The Kier molecular flexibility index (Phi) is 3.33. The number of piperidine rings is 1. The van der Waals surface area contributed by atoms with Crippen LogP contribution in [0.2, 0.25) is 0 Å². The third kappa shape index (κ3) is 2.44. The van der Waals surface area contributed by atoms with E-state index in [1.54, 1.807) is 11.3 Å². The van der Waals surface area contributed by atoms with E-state index in [1.807, 2.05) is 5.51 Å². The molecule has 0 amide bonds. The van der Waals surface area contributed by atoms with E-state index in [4.69, 9.17) is 5.73 Å². The zero-order valence-corrected chi connectivity index (χ0v) is 11.2. The molecule has 0 bridgehead atoms. The van der Waals surface area contributed by atoms with Gasteiger partial charge >= 0.3 is 0 Å². The molecule has 2 N–H and O–H groups in total. The normalized spacial score (nSPS) is 25.9. The number of thiazole rings is 1. The predicted molar refractivity (Wildman–Crippen MR) is 68.5 cm³/mol. The fourth-order valence-corrected chi connectivity index (χ4v) is 3.12. The van der Waals surface area contributed by atoms with Crippen LogP contribution < -0.4 is 5.73 Å². The van der Waals surface area contributed by atoms with Crippen molar-refractivity contribution in [1.29, 1.82) is 0 Å². The minimum atomic E-state index is 0.233. The van der Waals surface area contributed by atoms with Gasteiger partial charge in [-0.05, 0) is 18.8 Å². The van der Waals surface area contributed by atoms with Gasteiger partial charge in [0, 0.05) is 30.6 Å². The van der Waals surface area contributed by atoms with Gasteiger partial charge in [-0.1, -0.05) is 13.8 Å². The second-order valence-electron chi connectivity index (χ2n) is 5.46. The fourth-order valence-electron chi connectivity index (χ4n) is 2.30. The Labute approximate surface area is 102 Å². The van der Waals surface area contributed by atoms with Crippen molar-refractivity contribution in [2.24, 2.45) is 11.1 Å². The minimum absolute atomic E-state index is 0.233. The van der Waals surface area contributed by atoms with Gasteiger partial charge in [0.05, 0.1) is 11.2 Å². The summed E-state index contributed by atoms with van der Waals surface area (Å²) in [5.41, 5.74) is 9.49. The fraction of sp³-hybridized carbons (Fsp3) is 0.750. The third-order valence-corrected chi connectivity index (χ3v) is 4.52. The van der Waals surface area contributed by atoms with E-state index < -0.39 is 0 Å². The summed E-state index contributed by atoms with van der Waals surface area (Å²) in [5, 5.41) is 0. The van der Waals surface area contributed by atoms with E-state index in [2.05, 4.69) is 30.7 Å². The molecule has 1 unspecified atom stereocenters. The molecule has 1 saturated heterocycles. The second kappa shape index (κ2) is 4.43. The smallest absolute Gasteiger partial charge is 0.0798 e. The van der Waals surface area contributed by atoms with Crippen LogP contribution in [-0.2, 0) is 6.54 Å². The van der Waals surface area contributed by atoms with Gasteiger partial charge in [0.1, 0.15) is 0 Å². The van der Waals surface area contributed by atoms with Gasteiger partial charge in [0.25, 0.3) is 0 Å². The van der Waals surface area contributed by atoms with Crippen molar-refractivity contribution in [3.63, 3.8) is 0 Å². The summed E-state index contributed by atoms with van der Waals surface area (Å²) in [5.74, 6) is 0. The molecular formula is C12H21N3S. The Morgan fingerprint density at radius 3 is 2.94 bits per heavy atom. The van der Waals surface area contributed by atoms with Crippen LogP contribution in [0.3, 0.4) is 0 Å². The van der Waals surface area contributed by atoms with E-state index in [9.17, 15) is 0 Å². The molecule has 1 aliphatic heterocycles. The maximum absolute atomic E-state index is 6.14. The summed E-state index contributed by atoms with van der Waals surface area (Å²) >= 11 is 1.76. The van der Waals surface area contributed by atoms with Crippen molar-refractivity contribution in [2.75, 3.05) is 13.1 Å².